The molecule has 0 fully saturated rings. The Morgan fingerprint density at radius 1 is 1.12 bits per heavy atom. The van der Waals surface area contributed by atoms with Crippen LogP contribution in [0.5, 0.6) is 5.75 Å². The molecule has 0 aliphatic carbocycles. The fourth-order valence-electron chi connectivity index (χ4n) is 2.47. The van der Waals surface area contributed by atoms with Gasteiger partial charge >= 0.3 is 35.9 Å². The summed E-state index contributed by atoms with van der Waals surface area (Å²) in [6.07, 6.45) is -15.2. The lowest BCUT2D eigenvalue weighted by atomic mass is 9.97. The lowest BCUT2D eigenvalue weighted by Crippen LogP contribution is -2.60. The normalized spacial score (nSPS) is 14.8. The molecule has 0 unspecified atom stereocenters. The smallest absolute Gasteiger partial charge is 0.438 e. The molecule has 7 nitrogen and oxygen atoms in total. The maximum atomic E-state index is 13.1. The fourth-order valence-corrected chi connectivity index (χ4v) is 2.47. The predicted molar refractivity (Wildman–Crippen MR) is 64.9 cm³/mol. The molecule has 2 bridgehead atoms. The molecule has 2 aromatic rings. The molecule has 3 heterocycles. The van der Waals surface area contributed by atoms with Gasteiger partial charge in [-0.2, -0.15) is 26.3 Å². The summed E-state index contributed by atoms with van der Waals surface area (Å²) in [5.74, 6) is -6.12. The average Bonchev–Trinajstić information content (AvgIpc) is 3.04. The topological polar surface area (TPSA) is 103 Å². The summed E-state index contributed by atoms with van der Waals surface area (Å²) in [4.78, 5) is 34.2. The Morgan fingerprint density at radius 3 is 2.19 bits per heavy atom. The van der Waals surface area contributed by atoms with Crippen LogP contribution in [0.25, 0.3) is 11.2 Å². The van der Waals surface area contributed by atoms with E-state index < -0.39 is 59.0 Å². The number of benzene rings is 1. The summed E-state index contributed by atoms with van der Waals surface area (Å²) in [5.41, 5.74) is -7.88. The first-order chi connectivity index (χ1) is 11.8. The number of hydrogen-bond donors (Lipinski definition) is 1. The van der Waals surface area contributed by atoms with Gasteiger partial charge in [0.15, 0.2) is 11.3 Å². The van der Waals surface area contributed by atoms with Crippen LogP contribution in [0, 0.1) is 0 Å². The molecular formula is C13H4F6O7. The Morgan fingerprint density at radius 2 is 1.69 bits per heavy atom. The van der Waals surface area contributed by atoms with Crippen LogP contribution < -0.4 is 4.74 Å². The van der Waals surface area contributed by atoms with Gasteiger partial charge in [0.2, 0.25) is 0 Å². The van der Waals surface area contributed by atoms with E-state index in [0.29, 0.717) is 0 Å². The van der Waals surface area contributed by atoms with Crippen LogP contribution in [0.3, 0.4) is 0 Å². The first kappa shape index (κ1) is 17.8. The molecule has 13 heteroatoms. The van der Waals surface area contributed by atoms with Crippen molar-refractivity contribution in [1.29, 1.82) is 0 Å². The summed E-state index contributed by atoms with van der Waals surface area (Å²) < 4.78 is 91.7. The maximum Gasteiger partial charge on any atom is 0.438 e. The zero-order chi connectivity index (χ0) is 19.7. The largest absolute Gasteiger partial charge is 0.481 e. The van der Waals surface area contributed by atoms with E-state index >= 15 is 0 Å². The van der Waals surface area contributed by atoms with Crippen molar-refractivity contribution in [1.82, 2.24) is 0 Å². The van der Waals surface area contributed by atoms with E-state index in [9.17, 15) is 40.7 Å². The number of carboxylic acid groups (broad SMARTS) is 1. The number of ether oxygens (including phenoxy) is 2. The lowest BCUT2D eigenvalue weighted by Gasteiger charge is -2.35. The number of rotatable bonds is 4. The van der Waals surface area contributed by atoms with Gasteiger partial charge in [-0.1, -0.05) is 0 Å². The highest BCUT2D eigenvalue weighted by atomic mass is 19.4. The summed E-state index contributed by atoms with van der Waals surface area (Å²) in [7, 11) is 0. The number of carbonyl (C=O) groups is 3. The van der Waals surface area contributed by atoms with Crippen LogP contribution in [0.2, 0.25) is 0 Å². The Bertz CT molecular complexity index is 908. The number of fused-ring (bicyclic) bond motifs is 1. The molecule has 0 radical (unpaired) electrons. The second kappa shape index (κ2) is 5.02. The molecule has 140 valence electrons. The number of alkyl halides is 6. The van der Waals surface area contributed by atoms with E-state index in [-0.39, 0.29) is 11.3 Å². The monoisotopic (exact) mass is 386 g/mol. The molecule has 1 aliphatic rings. The van der Waals surface area contributed by atoms with Crippen molar-refractivity contribution >= 4 is 29.1 Å². The molecule has 0 atom stereocenters. The molecule has 1 N–H and O–H groups in total. The first-order valence-electron chi connectivity index (χ1n) is 6.48. The van der Waals surface area contributed by atoms with Gasteiger partial charge in [0.05, 0.1) is 0 Å². The van der Waals surface area contributed by atoms with Crippen molar-refractivity contribution in [2.24, 2.45) is 0 Å². The number of esters is 2. The molecule has 1 aliphatic heterocycles. The Hall–Kier alpha value is -2.99. The van der Waals surface area contributed by atoms with E-state index in [1.54, 1.807) is 0 Å². The van der Waals surface area contributed by atoms with Crippen LogP contribution in [-0.2, 0) is 9.53 Å². The van der Waals surface area contributed by atoms with Gasteiger partial charge in [0.25, 0.3) is 0 Å². The van der Waals surface area contributed by atoms with Crippen LogP contribution in [0.15, 0.2) is 10.5 Å². The highest BCUT2D eigenvalue weighted by Gasteiger charge is 2.75. The summed E-state index contributed by atoms with van der Waals surface area (Å²) in [5, 5.41) is 8.49. The minimum Gasteiger partial charge on any atom is -0.481 e. The first-order valence-corrected chi connectivity index (χ1v) is 6.48. The molecule has 0 saturated heterocycles. The molecule has 3 rings (SSSR count). The molecule has 0 saturated carbocycles. The fraction of sp³-hybridized carbons (Fsp3) is 0.308. The third kappa shape index (κ3) is 2.26. The summed E-state index contributed by atoms with van der Waals surface area (Å²) >= 11 is 0. The van der Waals surface area contributed by atoms with Crippen LogP contribution in [-0.4, -0.2) is 41.0 Å². The van der Waals surface area contributed by atoms with Crippen LogP contribution in [0.4, 0.5) is 26.3 Å². The molecule has 26 heavy (non-hydrogen) atoms. The minimum atomic E-state index is -6.31. The molecule has 0 amide bonds. The van der Waals surface area contributed by atoms with Gasteiger partial charge in [-0.15, -0.1) is 0 Å². The molecular weight excluding hydrogens is 382 g/mol. The van der Waals surface area contributed by atoms with E-state index in [1.165, 1.54) is 0 Å². The van der Waals surface area contributed by atoms with Gasteiger partial charge in [-0.3, -0.25) is 4.79 Å². The summed E-state index contributed by atoms with van der Waals surface area (Å²) in [6, 6.07) is 0.903. The van der Waals surface area contributed by atoms with Crippen molar-refractivity contribution in [3.63, 3.8) is 0 Å². The quantitative estimate of drug-likeness (QED) is 0.637. The standard InChI is InChI=1S/C13H4F6O7/c14-12(15,16)11(2-5(20)21,13(17,18)19)26-10(23)6-3-1-4-8(24-3)7(6)9(22)25-4/h1H,2H2,(H,20,21). The van der Waals surface area contributed by atoms with Crippen molar-refractivity contribution in [2.75, 3.05) is 0 Å². The van der Waals surface area contributed by atoms with Crippen molar-refractivity contribution in [2.45, 2.75) is 24.4 Å². The Balaban J connectivity index is 2.08. The molecule has 2 aromatic heterocycles. The second-order valence-electron chi connectivity index (χ2n) is 5.23. The van der Waals surface area contributed by atoms with Gasteiger partial charge in [0.1, 0.15) is 23.1 Å². The van der Waals surface area contributed by atoms with Crippen LogP contribution >= 0.6 is 0 Å². The van der Waals surface area contributed by atoms with Gasteiger partial charge in [0, 0.05) is 6.07 Å². The average molecular weight is 386 g/mol. The van der Waals surface area contributed by atoms with Gasteiger partial charge in [-0.25, -0.2) is 9.59 Å². The number of furan rings is 2. The minimum absolute atomic E-state index is 0.153. The maximum absolute atomic E-state index is 13.1. The van der Waals surface area contributed by atoms with Crippen molar-refractivity contribution in [3.8, 4) is 5.75 Å². The number of halogens is 6. The van der Waals surface area contributed by atoms with Crippen molar-refractivity contribution in [3.05, 3.63) is 17.2 Å². The number of carboxylic acids is 1. The third-order valence-corrected chi connectivity index (χ3v) is 3.62. The Labute approximate surface area is 137 Å². The number of carbonyl (C=O) groups excluding carboxylic acids is 2. The zero-order valence-electron chi connectivity index (χ0n) is 11.9. The van der Waals surface area contributed by atoms with Gasteiger partial charge < -0.3 is 19.0 Å². The third-order valence-electron chi connectivity index (χ3n) is 3.62. The Kier molecular flexibility index (Phi) is 3.44. The van der Waals surface area contributed by atoms with E-state index in [0.717, 1.165) is 6.07 Å². The predicted octanol–water partition coefficient (Wildman–Crippen LogP) is 2.90. The number of hydrogen-bond acceptors (Lipinski definition) is 6. The zero-order valence-corrected chi connectivity index (χ0v) is 11.9. The highest BCUT2D eigenvalue weighted by molar-refractivity contribution is 6.18. The van der Waals surface area contributed by atoms with E-state index in [4.69, 9.17) is 9.52 Å². The van der Waals surface area contributed by atoms with Crippen LogP contribution in [0.1, 0.15) is 27.1 Å². The second-order valence-corrected chi connectivity index (χ2v) is 5.23. The van der Waals surface area contributed by atoms with Crippen molar-refractivity contribution < 1.29 is 59.7 Å². The number of aliphatic carboxylic acids is 1. The van der Waals surface area contributed by atoms with E-state index in [2.05, 4.69) is 9.47 Å². The molecule has 0 spiro atoms. The summed E-state index contributed by atoms with van der Waals surface area (Å²) in [6.45, 7) is 0. The van der Waals surface area contributed by atoms with Gasteiger partial charge in [-0.05, 0) is 0 Å². The van der Waals surface area contributed by atoms with E-state index in [1.807, 2.05) is 0 Å². The SMILES string of the molecule is O=C(O)CC(OC(=O)c1c2c3oc1cc3OC2=O)(C(F)(F)F)C(F)(F)F. The highest BCUT2D eigenvalue weighted by Crippen LogP contribution is 2.50. The molecule has 0 aromatic carbocycles. The lowest BCUT2D eigenvalue weighted by molar-refractivity contribution is -0.365.